The Bertz CT molecular complexity index is 823. The SMILES string of the molecule is Nc1cc2oc(=O)[nH]c2cc1-n1ccc(C2CC2)n1. The van der Waals surface area contributed by atoms with Crippen LogP contribution >= 0.6 is 0 Å². The smallest absolute Gasteiger partial charge is 0.408 e. The Morgan fingerprint density at radius 2 is 2.26 bits per heavy atom. The number of benzene rings is 1. The van der Waals surface area contributed by atoms with Crippen LogP contribution in [0.25, 0.3) is 16.8 Å². The number of nitrogens with two attached hydrogens (primary N) is 1. The van der Waals surface area contributed by atoms with E-state index in [9.17, 15) is 4.79 Å². The van der Waals surface area contributed by atoms with Crippen molar-refractivity contribution >= 4 is 16.8 Å². The van der Waals surface area contributed by atoms with Crippen molar-refractivity contribution in [2.24, 2.45) is 0 Å². The molecule has 0 aliphatic heterocycles. The molecule has 0 spiro atoms. The molecule has 0 amide bonds. The minimum atomic E-state index is -0.481. The molecule has 0 bridgehead atoms. The Hall–Kier alpha value is -2.50. The molecule has 19 heavy (non-hydrogen) atoms. The number of nitrogen functional groups attached to an aromatic ring is 1. The maximum atomic E-state index is 11.2. The first-order chi connectivity index (χ1) is 9.20. The highest BCUT2D eigenvalue weighted by molar-refractivity contribution is 5.81. The first kappa shape index (κ1) is 10.4. The van der Waals surface area contributed by atoms with Gasteiger partial charge in [0.2, 0.25) is 0 Å². The minimum absolute atomic E-state index is 0.459. The van der Waals surface area contributed by atoms with E-state index in [1.807, 2.05) is 12.3 Å². The van der Waals surface area contributed by atoms with E-state index < -0.39 is 5.76 Å². The second-order valence-electron chi connectivity index (χ2n) is 4.88. The van der Waals surface area contributed by atoms with Crippen LogP contribution in [0, 0.1) is 0 Å². The highest BCUT2D eigenvalue weighted by atomic mass is 16.4. The van der Waals surface area contributed by atoms with Crippen molar-refractivity contribution in [3.05, 3.63) is 40.6 Å². The summed E-state index contributed by atoms with van der Waals surface area (Å²) in [5, 5.41) is 4.53. The topological polar surface area (TPSA) is 89.8 Å². The number of fused-ring (bicyclic) bond motifs is 1. The highest BCUT2D eigenvalue weighted by Gasteiger charge is 2.26. The first-order valence-electron chi connectivity index (χ1n) is 6.19. The van der Waals surface area contributed by atoms with Crippen molar-refractivity contribution in [1.82, 2.24) is 14.8 Å². The molecule has 1 fully saturated rings. The van der Waals surface area contributed by atoms with Crippen molar-refractivity contribution in [3.8, 4) is 5.69 Å². The molecule has 96 valence electrons. The van der Waals surface area contributed by atoms with Gasteiger partial charge in [0.1, 0.15) is 0 Å². The summed E-state index contributed by atoms with van der Waals surface area (Å²) in [6.07, 6.45) is 4.31. The molecule has 1 aliphatic carbocycles. The summed E-state index contributed by atoms with van der Waals surface area (Å²) in [6, 6.07) is 5.43. The average Bonchev–Trinajstić information content (AvgIpc) is 2.99. The third-order valence-corrected chi connectivity index (χ3v) is 3.42. The van der Waals surface area contributed by atoms with Gasteiger partial charge in [0.25, 0.3) is 0 Å². The van der Waals surface area contributed by atoms with E-state index in [2.05, 4.69) is 10.1 Å². The molecule has 0 radical (unpaired) electrons. The van der Waals surface area contributed by atoms with Crippen LogP contribution in [0.3, 0.4) is 0 Å². The lowest BCUT2D eigenvalue weighted by Crippen LogP contribution is -2.01. The van der Waals surface area contributed by atoms with E-state index >= 15 is 0 Å². The first-order valence-corrected chi connectivity index (χ1v) is 6.19. The number of hydrogen-bond acceptors (Lipinski definition) is 4. The largest absolute Gasteiger partial charge is 0.417 e. The summed E-state index contributed by atoms with van der Waals surface area (Å²) in [6.45, 7) is 0. The lowest BCUT2D eigenvalue weighted by molar-refractivity contribution is 0.555. The fraction of sp³-hybridized carbons (Fsp3) is 0.231. The predicted octanol–water partition coefficient (Wildman–Crippen LogP) is 1.77. The Morgan fingerprint density at radius 3 is 3.05 bits per heavy atom. The van der Waals surface area contributed by atoms with Gasteiger partial charge in [0, 0.05) is 18.2 Å². The molecule has 6 nitrogen and oxygen atoms in total. The minimum Gasteiger partial charge on any atom is -0.408 e. The Labute approximate surface area is 107 Å². The predicted molar refractivity (Wildman–Crippen MR) is 70.3 cm³/mol. The third-order valence-electron chi connectivity index (χ3n) is 3.42. The molecular formula is C13H12N4O2. The van der Waals surface area contributed by atoms with Crippen LogP contribution in [-0.2, 0) is 0 Å². The van der Waals surface area contributed by atoms with Crippen molar-refractivity contribution in [2.75, 3.05) is 5.73 Å². The molecule has 2 heterocycles. The normalized spacial score (nSPS) is 15.2. The number of anilines is 1. The zero-order valence-corrected chi connectivity index (χ0v) is 10.1. The number of aromatic nitrogens is 3. The average molecular weight is 256 g/mol. The quantitative estimate of drug-likeness (QED) is 0.684. The Morgan fingerprint density at radius 1 is 1.42 bits per heavy atom. The summed E-state index contributed by atoms with van der Waals surface area (Å²) >= 11 is 0. The van der Waals surface area contributed by atoms with Crippen molar-refractivity contribution in [2.45, 2.75) is 18.8 Å². The van der Waals surface area contributed by atoms with Crippen LogP contribution in [-0.4, -0.2) is 14.8 Å². The standard InChI is InChI=1S/C13H12N4O2/c14-8-5-12-10(15-13(18)19-12)6-11(8)17-4-3-9(16-17)7-1-2-7/h3-7H,1-2,14H2,(H,15,18). The lowest BCUT2D eigenvalue weighted by atomic mass is 10.2. The van der Waals surface area contributed by atoms with Gasteiger partial charge in [0.15, 0.2) is 5.58 Å². The fourth-order valence-corrected chi connectivity index (χ4v) is 2.27. The molecular weight excluding hydrogens is 244 g/mol. The van der Waals surface area contributed by atoms with Crippen LogP contribution in [0.1, 0.15) is 24.5 Å². The van der Waals surface area contributed by atoms with E-state index in [1.54, 1.807) is 16.8 Å². The highest BCUT2D eigenvalue weighted by Crippen LogP contribution is 2.39. The molecule has 4 rings (SSSR count). The molecule has 3 N–H and O–H groups in total. The maximum absolute atomic E-state index is 11.2. The molecule has 2 aromatic heterocycles. The molecule has 0 saturated heterocycles. The van der Waals surface area contributed by atoms with Crippen molar-refractivity contribution in [3.63, 3.8) is 0 Å². The molecule has 1 aromatic carbocycles. The Balaban J connectivity index is 1.87. The number of H-pyrrole nitrogens is 1. The summed E-state index contributed by atoms with van der Waals surface area (Å²) in [5.41, 5.74) is 9.45. The van der Waals surface area contributed by atoms with Gasteiger partial charge in [-0.3, -0.25) is 4.98 Å². The number of oxazole rings is 1. The lowest BCUT2D eigenvalue weighted by Gasteiger charge is -2.05. The van der Waals surface area contributed by atoms with E-state index in [1.165, 1.54) is 12.8 Å². The van der Waals surface area contributed by atoms with Crippen molar-refractivity contribution < 1.29 is 4.42 Å². The number of rotatable bonds is 2. The number of nitrogens with one attached hydrogen (secondary N) is 1. The number of nitrogens with zero attached hydrogens (tertiary/aromatic N) is 2. The van der Waals surface area contributed by atoms with E-state index in [4.69, 9.17) is 10.2 Å². The monoisotopic (exact) mass is 256 g/mol. The molecule has 0 atom stereocenters. The van der Waals surface area contributed by atoms with Crippen LogP contribution < -0.4 is 11.5 Å². The van der Waals surface area contributed by atoms with Gasteiger partial charge in [-0.2, -0.15) is 5.10 Å². The molecule has 0 unspecified atom stereocenters. The van der Waals surface area contributed by atoms with E-state index in [-0.39, 0.29) is 0 Å². The zero-order valence-electron chi connectivity index (χ0n) is 10.1. The summed E-state index contributed by atoms with van der Waals surface area (Å²) < 4.78 is 6.72. The summed E-state index contributed by atoms with van der Waals surface area (Å²) in [7, 11) is 0. The molecule has 1 saturated carbocycles. The second-order valence-corrected chi connectivity index (χ2v) is 4.88. The Kier molecular flexibility index (Phi) is 1.92. The summed E-state index contributed by atoms with van der Waals surface area (Å²) in [5.74, 6) is 0.116. The number of hydrogen-bond donors (Lipinski definition) is 2. The van der Waals surface area contributed by atoms with Gasteiger partial charge >= 0.3 is 5.76 Å². The van der Waals surface area contributed by atoms with E-state index in [0.717, 1.165) is 11.4 Å². The van der Waals surface area contributed by atoms with Gasteiger partial charge in [-0.05, 0) is 25.0 Å². The van der Waals surface area contributed by atoms with Crippen LogP contribution in [0.2, 0.25) is 0 Å². The molecule has 1 aliphatic rings. The summed E-state index contributed by atoms with van der Waals surface area (Å²) in [4.78, 5) is 13.8. The van der Waals surface area contributed by atoms with Crippen molar-refractivity contribution in [1.29, 1.82) is 0 Å². The van der Waals surface area contributed by atoms with Crippen LogP contribution in [0.5, 0.6) is 0 Å². The van der Waals surface area contributed by atoms with Crippen LogP contribution in [0.4, 0.5) is 5.69 Å². The van der Waals surface area contributed by atoms with Gasteiger partial charge in [-0.1, -0.05) is 0 Å². The van der Waals surface area contributed by atoms with Gasteiger partial charge in [0.05, 0.1) is 22.6 Å². The number of aromatic amines is 1. The maximum Gasteiger partial charge on any atom is 0.417 e. The molecule has 6 heteroatoms. The van der Waals surface area contributed by atoms with E-state index in [0.29, 0.717) is 22.7 Å². The van der Waals surface area contributed by atoms with Gasteiger partial charge in [-0.15, -0.1) is 0 Å². The second kappa shape index (κ2) is 3.50. The zero-order chi connectivity index (χ0) is 13.0. The van der Waals surface area contributed by atoms with Crippen LogP contribution in [0.15, 0.2) is 33.6 Å². The van der Waals surface area contributed by atoms with Gasteiger partial charge in [-0.25, -0.2) is 9.48 Å². The fourth-order valence-electron chi connectivity index (χ4n) is 2.27. The molecule has 3 aromatic rings. The third kappa shape index (κ3) is 1.64. The van der Waals surface area contributed by atoms with Gasteiger partial charge < -0.3 is 10.2 Å².